The Labute approximate surface area is 129 Å². The van der Waals surface area contributed by atoms with Crippen molar-refractivity contribution in [1.82, 2.24) is 0 Å². The molecule has 0 heterocycles. The number of halogens is 2. The number of fused-ring (bicyclic) bond motifs is 1. The van der Waals surface area contributed by atoms with Crippen LogP contribution in [0.3, 0.4) is 0 Å². The van der Waals surface area contributed by atoms with Gasteiger partial charge < -0.3 is 5.11 Å². The van der Waals surface area contributed by atoms with Crippen molar-refractivity contribution in [3.8, 4) is 0 Å². The number of aliphatic hydroxyl groups is 1. The van der Waals surface area contributed by atoms with E-state index in [1.165, 1.54) is 16.7 Å². The van der Waals surface area contributed by atoms with Gasteiger partial charge in [0.15, 0.2) is 0 Å². The molecule has 0 spiro atoms. The van der Waals surface area contributed by atoms with Crippen molar-refractivity contribution in [2.24, 2.45) is 0 Å². The van der Waals surface area contributed by atoms with Crippen LogP contribution in [0.4, 0.5) is 0 Å². The van der Waals surface area contributed by atoms with Crippen molar-refractivity contribution < 1.29 is 5.11 Å². The second-order valence-electron chi connectivity index (χ2n) is 5.31. The molecule has 2 aromatic carbocycles. The Morgan fingerprint density at radius 1 is 1.05 bits per heavy atom. The van der Waals surface area contributed by atoms with Crippen LogP contribution in [0.25, 0.3) is 0 Å². The van der Waals surface area contributed by atoms with Crippen LogP contribution in [-0.4, -0.2) is 5.11 Å². The molecule has 0 fully saturated rings. The van der Waals surface area contributed by atoms with Crippen LogP contribution < -0.4 is 0 Å². The first-order valence-electron chi connectivity index (χ1n) is 6.86. The maximum atomic E-state index is 9.26. The summed E-state index contributed by atoms with van der Waals surface area (Å²) in [5.74, 6) is 0.376. The maximum absolute atomic E-state index is 9.26. The van der Waals surface area contributed by atoms with Gasteiger partial charge in [-0.15, -0.1) is 0 Å². The number of aryl methyl sites for hydroxylation is 1. The molecule has 3 heteroatoms. The summed E-state index contributed by atoms with van der Waals surface area (Å²) in [4.78, 5) is 0. The van der Waals surface area contributed by atoms with Gasteiger partial charge in [0.1, 0.15) is 0 Å². The van der Waals surface area contributed by atoms with Crippen molar-refractivity contribution in [3.05, 3.63) is 68.7 Å². The number of benzene rings is 2. The summed E-state index contributed by atoms with van der Waals surface area (Å²) in [5.41, 5.74) is 4.90. The third-order valence-electron chi connectivity index (χ3n) is 4.05. The molecule has 0 saturated carbocycles. The van der Waals surface area contributed by atoms with Gasteiger partial charge in [-0.25, -0.2) is 0 Å². The number of hydrogen-bond donors (Lipinski definition) is 1. The van der Waals surface area contributed by atoms with Crippen LogP contribution in [0.5, 0.6) is 0 Å². The summed E-state index contributed by atoms with van der Waals surface area (Å²) in [6.45, 7) is 0.102. The highest BCUT2D eigenvalue weighted by Crippen LogP contribution is 2.38. The molecule has 1 aliphatic carbocycles. The molecular formula is C17H16Cl2O. The molecular weight excluding hydrogens is 291 g/mol. The highest BCUT2D eigenvalue weighted by molar-refractivity contribution is 6.42. The standard InChI is InChI=1S/C17H16Cl2O/c18-16-7-5-13(9-17(16)19)14-3-1-2-12-8-11(10-20)4-6-15(12)14/h4-9,14,20H,1-3,10H2/t14-/m0/s1. The Hall–Kier alpha value is -1.02. The normalized spacial score (nSPS) is 17.9. The topological polar surface area (TPSA) is 20.2 Å². The summed E-state index contributed by atoms with van der Waals surface area (Å²) >= 11 is 12.1. The second-order valence-corrected chi connectivity index (χ2v) is 6.12. The monoisotopic (exact) mass is 306 g/mol. The molecule has 1 aliphatic rings. The molecule has 0 unspecified atom stereocenters. The molecule has 20 heavy (non-hydrogen) atoms. The third kappa shape index (κ3) is 2.58. The van der Waals surface area contributed by atoms with E-state index >= 15 is 0 Å². The predicted molar refractivity (Wildman–Crippen MR) is 83.6 cm³/mol. The Bertz CT molecular complexity index is 637. The second kappa shape index (κ2) is 5.77. The minimum absolute atomic E-state index is 0.102. The van der Waals surface area contributed by atoms with E-state index in [1.807, 2.05) is 18.2 Å². The molecule has 0 bridgehead atoms. The highest BCUT2D eigenvalue weighted by Gasteiger charge is 2.22. The van der Waals surface area contributed by atoms with Gasteiger partial charge in [-0.3, -0.25) is 0 Å². The van der Waals surface area contributed by atoms with Crippen LogP contribution in [0.2, 0.25) is 10.0 Å². The zero-order valence-corrected chi connectivity index (χ0v) is 12.6. The highest BCUT2D eigenvalue weighted by atomic mass is 35.5. The van der Waals surface area contributed by atoms with Crippen LogP contribution in [0, 0.1) is 0 Å². The van der Waals surface area contributed by atoms with Gasteiger partial charge in [-0.1, -0.05) is 47.5 Å². The van der Waals surface area contributed by atoms with Gasteiger partial charge in [-0.05, 0) is 53.6 Å². The van der Waals surface area contributed by atoms with Crippen molar-refractivity contribution >= 4 is 23.2 Å². The van der Waals surface area contributed by atoms with E-state index in [-0.39, 0.29) is 6.61 Å². The van der Waals surface area contributed by atoms with Crippen molar-refractivity contribution in [1.29, 1.82) is 0 Å². The molecule has 0 saturated heterocycles. The molecule has 2 aromatic rings. The average Bonchev–Trinajstić information content (AvgIpc) is 2.49. The van der Waals surface area contributed by atoms with Crippen molar-refractivity contribution in [2.45, 2.75) is 31.8 Å². The van der Waals surface area contributed by atoms with E-state index in [1.54, 1.807) is 0 Å². The Morgan fingerprint density at radius 2 is 1.90 bits per heavy atom. The summed E-state index contributed by atoms with van der Waals surface area (Å²) in [6, 6.07) is 12.2. The lowest BCUT2D eigenvalue weighted by atomic mass is 9.78. The molecule has 0 radical (unpaired) electrons. The average molecular weight is 307 g/mol. The zero-order chi connectivity index (χ0) is 14.1. The molecule has 1 N–H and O–H groups in total. The van der Waals surface area contributed by atoms with E-state index in [0.717, 1.165) is 24.8 Å². The van der Waals surface area contributed by atoms with Crippen LogP contribution >= 0.6 is 23.2 Å². The lowest BCUT2D eigenvalue weighted by Gasteiger charge is -2.26. The fourth-order valence-corrected chi connectivity index (χ4v) is 3.35. The molecule has 0 amide bonds. The van der Waals surface area contributed by atoms with Crippen molar-refractivity contribution in [3.63, 3.8) is 0 Å². The molecule has 3 rings (SSSR count). The molecule has 0 aromatic heterocycles. The first kappa shape index (κ1) is 13.9. The van der Waals surface area contributed by atoms with Gasteiger partial charge in [0, 0.05) is 5.92 Å². The Balaban J connectivity index is 2.02. The van der Waals surface area contributed by atoms with Gasteiger partial charge in [0.05, 0.1) is 16.7 Å². The quantitative estimate of drug-likeness (QED) is 0.832. The van der Waals surface area contributed by atoms with Crippen LogP contribution in [0.1, 0.15) is 41.0 Å². The molecule has 0 aliphatic heterocycles. The number of hydrogen-bond acceptors (Lipinski definition) is 1. The zero-order valence-electron chi connectivity index (χ0n) is 11.1. The Kier molecular flexibility index (Phi) is 4.02. The van der Waals surface area contributed by atoms with E-state index in [4.69, 9.17) is 23.2 Å². The summed E-state index contributed by atoms with van der Waals surface area (Å²) < 4.78 is 0. The molecule has 1 nitrogen and oxygen atoms in total. The van der Waals surface area contributed by atoms with Gasteiger partial charge in [-0.2, -0.15) is 0 Å². The Morgan fingerprint density at radius 3 is 2.65 bits per heavy atom. The smallest absolute Gasteiger partial charge is 0.0681 e. The lowest BCUT2D eigenvalue weighted by molar-refractivity contribution is 0.281. The van der Waals surface area contributed by atoms with E-state index in [2.05, 4.69) is 18.2 Å². The van der Waals surface area contributed by atoms with Gasteiger partial charge >= 0.3 is 0 Å². The maximum Gasteiger partial charge on any atom is 0.0681 e. The van der Waals surface area contributed by atoms with Crippen molar-refractivity contribution in [2.75, 3.05) is 0 Å². The minimum atomic E-state index is 0.102. The van der Waals surface area contributed by atoms with Crippen LogP contribution in [-0.2, 0) is 13.0 Å². The summed E-state index contributed by atoms with van der Waals surface area (Å²) in [7, 11) is 0. The van der Waals surface area contributed by atoms with Gasteiger partial charge in [0.2, 0.25) is 0 Å². The first-order chi connectivity index (χ1) is 9.69. The number of rotatable bonds is 2. The molecule has 1 atom stereocenters. The largest absolute Gasteiger partial charge is 0.392 e. The SMILES string of the molecule is OCc1ccc2c(c1)CCC[C@H]2c1ccc(Cl)c(Cl)c1. The van der Waals surface area contributed by atoms with E-state index in [9.17, 15) is 5.11 Å². The van der Waals surface area contributed by atoms with E-state index in [0.29, 0.717) is 16.0 Å². The fraction of sp³-hybridized carbons (Fsp3) is 0.294. The van der Waals surface area contributed by atoms with Crippen LogP contribution in [0.15, 0.2) is 36.4 Å². The fourth-order valence-electron chi connectivity index (χ4n) is 3.04. The predicted octanol–water partition coefficient (Wildman–Crippen LogP) is 4.95. The van der Waals surface area contributed by atoms with E-state index < -0.39 is 0 Å². The number of aliphatic hydroxyl groups excluding tert-OH is 1. The van der Waals surface area contributed by atoms with Gasteiger partial charge in [0.25, 0.3) is 0 Å². The third-order valence-corrected chi connectivity index (χ3v) is 4.79. The lowest BCUT2D eigenvalue weighted by Crippen LogP contribution is -2.11. The summed E-state index contributed by atoms with van der Waals surface area (Å²) in [5, 5.41) is 10.5. The molecule has 104 valence electrons. The minimum Gasteiger partial charge on any atom is -0.392 e. The summed E-state index contributed by atoms with van der Waals surface area (Å²) in [6.07, 6.45) is 3.37. The first-order valence-corrected chi connectivity index (χ1v) is 7.62.